The zero-order valence-electron chi connectivity index (χ0n) is 11.3. The average Bonchev–Trinajstić information content (AvgIpc) is 2.48. The van der Waals surface area contributed by atoms with Crippen molar-refractivity contribution in [2.45, 2.75) is 13.3 Å². The number of hydrogen-bond acceptors (Lipinski definition) is 6. The lowest BCUT2D eigenvalue weighted by atomic mass is 10.3. The zero-order chi connectivity index (χ0) is 14.5. The van der Waals surface area contributed by atoms with E-state index in [9.17, 15) is 0 Å². The number of aryl methyl sites for hydroxylation is 1. The van der Waals surface area contributed by atoms with E-state index in [4.69, 9.17) is 10.6 Å². The van der Waals surface area contributed by atoms with Gasteiger partial charge in [-0.1, -0.05) is 6.92 Å². The van der Waals surface area contributed by atoms with Crippen molar-refractivity contribution >= 4 is 33.3 Å². The van der Waals surface area contributed by atoms with Crippen LogP contribution < -0.4 is 21.3 Å². The summed E-state index contributed by atoms with van der Waals surface area (Å²) in [5.41, 5.74) is 3.41. The Morgan fingerprint density at radius 1 is 1.25 bits per heavy atom. The lowest BCUT2D eigenvalue weighted by molar-refractivity contribution is 0.412. The molecule has 106 valence electrons. The lowest BCUT2D eigenvalue weighted by Gasteiger charge is -2.11. The van der Waals surface area contributed by atoms with Crippen molar-refractivity contribution in [2.24, 2.45) is 5.84 Å². The summed E-state index contributed by atoms with van der Waals surface area (Å²) in [4.78, 5) is 8.64. The number of aromatic nitrogens is 2. The second kappa shape index (κ2) is 6.53. The molecule has 2 rings (SSSR count). The Hall–Kier alpha value is -1.86. The molecule has 1 aromatic carbocycles. The summed E-state index contributed by atoms with van der Waals surface area (Å²) in [5, 5.41) is 3.21. The van der Waals surface area contributed by atoms with Crippen LogP contribution in [0.5, 0.6) is 5.75 Å². The number of halogens is 1. The molecule has 0 aliphatic carbocycles. The normalized spacial score (nSPS) is 10.2. The summed E-state index contributed by atoms with van der Waals surface area (Å²) in [7, 11) is 1.63. The molecule has 0 aliphatic rings. The maximum absolute atomic E-state index is 5.41. The molecule has 0 unspecified atom stereocenters. The number of hydrazine groups is 1. The number of benzene rings is 1. The predicted octanol–water partition coefficient (Wildman–Crippen LogP) is 2.84. The third-order valence-corrected chi connectivity index (χ3v) is 3.32. The van der Waals surface area contributed by atoms with Crippen LogP contribution in [0, 0.1) is 0 Å². The largest absolute Gasteiger partial charge is 0.495 e. The van der Waals surface area contributed by atoms with E-state index in [1.165, 1.54) is 0 Å². The summed E-state index contributed by atoms with van der Waals surface area (Å²) >= 11 is 3.42. The first kappa shape index (κ1) is 14.5. The molecule has 7 heteroatoms. The molecule has 1 heterocycles. The monoisotopic (exact) mass is 337 g/mol. The first-order chi connectivity index (χ1) is 9.66. The number of rotatable bonds is 5. The minimum atomic E-state index is 0.573. The fourth-order valence-corrected chi connectivity index (χ4v) is 2.09. The summed E-state index contributed by atoms with van der Waals surface area (Å²) < 4.78 is 6.16. The van der Waals surface area contributed by atoms with Gasteiger partial charge in [0.25, 0.3) is 0 Å². The van der Waals surface area contributed by atoms with Gasteiger partial charge < -0.3 is 15.5 Å². The quantitative estimate of drug-likeness (QED) is 0.574. The van der Waals surface area contributed by atoms with Crippen molar-refractivity contribution < 1.29 is 4.74 Å². The lowest BCUT2D eigenvalue weighted by Crippen LogP contribution is -2.11. The van der Waals surface area contributed by atoms with Crippen LogP contribution in [0.25, 0.3) is 0 Å². The van der Waals surface area contributed by atoms with Gasteiger partial charge in [0.15, 0.2) is 0 Å². The van der Waals surface area contributed by atoms with E-state index in [1.807, 2.05) is 25.1 Å². The highest BCUT2D eigenvalue weighted by Gasteiger charge is 2.05. The first-order valence-corrected chi connectivity index (χ1v) is 6.90. The molecule has 0 atom stereocenters. The third kappa shape index (κ3) is 3.37. The molecule has 0 spiro atoms. The van der Waals surface area contributed by atoms with E-state index < -0.39 is 0 Å². The Morgan fingerprint density at radius 2 is 2.00 bits per heavy atom. The molecule has 20 heavy (non-hydrogen) atoms. The van der Waals surface area contributed by atoms with Crippen molar-refractivity contribution in [3.05, 3.63) is 34.6 Å². The number of ether oxygens (including phenoxy) is 1. The van der Waals surface area contributed by atoms with Crippen molar-refractivity contribution in [3.8, 4) is 5.75 Å². The SMILES string of the molecule is CCc1nc(NN)cc(Nc2ccc(Br)c(OC)c2)n1. The maximum Gasteiger partial charge on any atom is 0.145 e. The van der Waals surface area contributed by atoms with E-state index in [0.717, 1.165) is 22.3 Å². The first-order valence-electron chi connectivity index (χ1n) is 6.11. The molecule has 0 radical (unpaired) electrons. The summed E-state index contributed by atoms with van der Waals surface area (Å²) in [6.07, 6.45) is 0.730. The van der Waals surface area contributed by atoms with Gasteiger partial charge in [0.05, 0.1) is 11.6 Å². The molecule has 0 amide bonds. The molecule has 2 aromatic rings. The fraction of sp³-hybridized carbons (Fsp3) is 0.231. The number of methoxy groups -OCH3 is 1. The Kier molecular flexibility index (Phi) is 4.75. The topological polar surface area (TPSA) is 85.1 Å². The smallest absolute Gasteiger partial charge is 0.145 e. The molecule has 0 bridgehead atoms. The molecule has 4 N–H and O–H groups in total. The van der Waals surface area contributed by atoms with Gasteiger partial charge in [0.2, 0.25) is 0 Å². The van der Waals surface area contributed by atoms with E-state index in [0.29, 0.717) is 17.5 Å². The average molecular weight is 338 g/mol. The highest BCUT2D eigenvalue weighted by atomic mass is 79.9. The summed E-state index contributed by atoms with van der Waals surface area (Å²) in [5.74, 6) is 8.12. The van der Waals surface area contributed by atoms with Gasteiger partial charge in [0, 0.05) is 24.2 Å². The van der Waals surface area contributed by atoms with Crippen LogP contribution in [-0.2, 0) is 6.42 Å². The predicted molar refractivity (Wildman–Crippen MR) is 83.2 cm³/mol. The Balaban J connectivity index is 2.29. The van der Waals surface area contributed by atoms with Crippen LogP contribution >= 0.6 is 15.9 Å². The van der Waals surface area contributed by atoms with Gasteiger partial charge in [-0.25, -0.2) is 15.8 Å². The van der Waals surface area contributed by atoms with Gasteiger partial charge in [-0.15, -0.1) is 0 Å². The van der Waals surface area contributed by atoms with E-state index in [2.05, 4.69) is 36.6 Å². The van der Waals surface area contributed by atoms with Gasteiger partial charge in [-0.3, -0.25) is 0 Å². The minimum absolute atomic E-state index is 0.573. The van der Waals surface area contributed by atoms with E-state index in [-0.39, 0.29) is 0 Å². The van der Waals surface area contributed by atoms with Crippen molar-refractivity contribution in [1.82, 2.24) is 9.97 Å². The maximum atomic E-state index is 5.41. The Bertz CT molecular complexity index is 583. The van der Waals surface area contributed by atoms with Crippen LogP contribution in [0.15, 0.2) is 28.7 Å². The highest BCUT2D eigenvalue weighted by Crippen LogP contribution is 2.29. The number of nitrogens with one attached hydrogen (secondary N) is 2. The molecular weight excluding hydrogens is 322 g/mol. The molecule has 1 aromatic heterocycles. The second-order valence-corrected chi connectivity index (χ2v) is 4.88. The van der Waals surface area contributed by atoms with Crippen molar-refractivity contribution in [1.29, 1.82) is 0 Å². The van der Waals surface area contributed by atoms with Crippen LogP contribution in [0.3, 0.4) is 0 Å². The van der Waals surface area contributed by atoms with Crippen LogP contribution in [-0.4, -0.2) is 17.1 Å². The van der Waals surface area contributed by atoms with Gasteiger partial charge in [-0.05, 0) is 28.1 Å². The summed E-state index contributed by atoms with van der Waals surface area (Å²) in [6, 6.07) is 7.46. The number of anilines is 3. The second-order valence-electron chi connectivity index (χ2n) is 4.03. The van der Waals surface area contributed by atoms with Crippen LogP contribution in [0.4, 0.5) is 17.3 Å². The number of nitrogens with zero attached hydrogens (tertiary/aromatic N) is 2. The number of nitrogens with two attached hydrogens (primary N) is 1. The van der Waals surface area contributed by atoms with Gasteiger partial charge in [0.1, 0.15) is 23.2 Å². The fourth-order valence-electron chi connectivity index (χ4n) is 1.68. The molecule has 0 fully saturated rings. The molecular formula is C13H16BrN5O. The minimum Gasteiger partial charge on any atom is -0.495 e. The van der Waals surface area contributed by atoms with Gasteiger partial charge in [-0.2, -0.15) is 0 Å². The van der Waals surface area contributed by atoms with E-state index in [1.54, 1.807) is 13.2 Å². The Morgan fingerprint density at radius 3 is 2.65 bits per heavy atom. The third-order valence-electron chi connectivity index (χ3n) is 2.66. The molecule has 0 saturated heterocycles. The van der Waals surface area contributed by atoms with Crippen molar-refractivity contribution in [3.63, 3.8) is 0 Å². The molecule has 0 aliphatic heterocycles. The van der Waals surface area contributed by atoms with Crippen LogP contribution in [0.1, 0.15) is 12.7 Å². The van der Waals surface area contributed by atoms with Crippen molar-refractivity contribution in [2.75, 3.05) is 17.9 Å². The van der Waals surface area contributed by atoms with Gasteiger partial charge >= 0.3 is 0 Å². The standard InChI is InChI=1S/C13H16BrN5O/c1-3-11-17-12(7-13(18-11)19-15)16-8-4-5-9(14)10(6-8)20-2/h4-7H,3,15H2,1-2H3,(H2,16,17,18,19). The number of nitrogen functional groups attached to an aromatic ring is 1. The highest BCUT2D eigenvalue weighted by molar-refractivity contribution is 9.10. The van der Waals surface area contributed by atoms with Crippen LogP contribution in [0.2, 0.25) is 0 Å². The number of hydrogen-bond donors (Lipinski definition) is 3. The zero-order valence-corrected chi connectivity index (χ0v) is 12.9. The molecule has 6 nitrogen and oxygen atoms in total. The summed E-state index contributed by atoms with van der Waals surface area (Å²) in [6.45, 7) is 1.99. The Labute approximate surface area is 125 Å². The molecule has 0 saturated carbocycles. The van der Waals surface area contributed by atoms with E-state index >= 15 is 0 Å².